The summed E-state index contributed by atoms with van der Waals surface area (Å²) >= 11 is 6.02. The molecule has 0 amide bonds. The predicted octanol–water partition coefficient (Wildman–Crippen LogP) is 2.01. The van der Waals surface area contributed by atoms with Crippen molar-refractivity contribution in [3.8, 4) is 0 Å². The number of guanidine groups is 1. The third-order valence-corrected chi connectivity index (χ3v) is 3.67. The van der Waals surface area contributed by atoms with Crippen LogP contribution in [-0.4, -0.2) is 46.2 Å². The molecule has 23 heavy (non-hydrogen) atoms. The first kappa shape index (κ1) is 17.3. The molecule has 0 atom stereocenters. The van der Waals surface area contributed by atoms with Crippen LogP contribution in [-0.2, 0) is 20.0 Å². The van der Waals surface area contributed by atoms with Gasteiger partial charge < -0.3 is 19.3 Å². The minimum absolute atomic E-state index is 0.671. The average molecular weight is 339 g/mol. The number of halogens is 1. The molecule has 0 aromatic carbocycles. The summed E-state index contributed by atoms with van der Waals surface area (Å²) in [6.45, 7) is 3.33. The van der Waals surface area contributed by atoms with Crippen molar-refractivity contribution in [3.05, 3.63) is 34.7 Å². The van der Waals surface area contributed by atoms with Crippen LogP contribution < -0.4 is 5.32 Å². The van der Waals surface area contributed by atoms with E-state index in [0.29, 0.717) is 11.7 Å². The van der Waals surface area contributed by atoms with Crippen LogP contribution in [0.25, 0.3) is 0 Å². The van der Waals surface area contributed by atoms with Crippen LogP contribution in [0, 0.1) is 6.92 Å². The van der Waals surface area contributed by atoms with Gasteiger partial charge in [-0.2, -0.15) is 4.98 Å². The fourth-order valence-electron chi connectivity index (χ4n) is 2.31. The van der Waals surface area contributed by atoms with Crippen molar-refractivity contribution in [2.75, 3.05) is 20.6 Å². The second kappa shape index (κ2) is 8.01. The highest BCUT2D eigenvalue weighted by Gasteiger charge is 2.10. The molecule has 0 aliphatic heterocycles. The molecule has 7 nitrogen and oxygen atoms in total. The molecule has 0 aliphatic rings. The Labute approximate surface area is 141 Å². The van der Waals surface area contributed by atoms with Crippen molar-refractivity contribution in [2.24, 2.45) is 12.0 Å². The Morgan fingerprint density at radius 1 is 1.52 bits per heavy atom. The van der Waals surface area contributed by atoms with Crippen LogP contribution in [0.5, 0.6) is 0 Å². The van der Waals surface area contributed by atoms with Gasteiger partial charge in [0.15, 0.2) is 11.8 Å². The molecule has 0 saturated heterocycles. The van der Waals surface area contributed by atoms with Crippen molar-refractivity contribution in [1.82, 2.24) is 24.9 Å². The van der Waals surface area contributed by atoms with E-state index in [4.69, 9.17) is 16.1 Å². The van der Waals surface area contributed by atoms with E-state index < -0.39 is 0 Å². The first-order valence-corrected chi connectivity index (χ1v) is 7.89. The highest BCUT2D eigenvalue weighted by Crippen LogP contribution is 2.14. The summed E-state index contributed by atoms with van der Waals surface area (Å²) < 4.78 is 7.11. The molecular formula is C15H23ClN6O. The van der Waals surface area contributed by atoms with E-state index in [1.165, 1.54) is 0 Å². The first-order valence-electron chi connectivity index (χ1n) is 7.51. The van der Waals surface area contributed by atoms with Crippen LogP contribution >= 0.6 is 11.6 Å². The van der Waals surface area contributed by atoms with Crippen molar-refractivity contribution >= 4 is 17.6 Å². The summed E-state index contributed by atoms with van der Waals surface area (Å²) in [5.41, 5.74) is 1.13. The van der Waals surface area contributed by atoms with Gasteiger partial charge in [0, 0.05) is 46.0 Å². The maximum absolute atomic E-state index is 6.02. The van der Waals surface area contributed by atoms with Gasteiger partial charge in [-0.3, -0.25) is 4.99 Å². The van der Waals surface area contributed by atoms with Gasteiger partial charge >= 0.3 is 0 Å². The molecular weight excluding hydrogens is 316 g/mol. The summed E-state index contributed by atoms with van der Waals surface area (Å²) in [7, 11) is 5.76. The topological polar surface area (TPSA) is 71.5 Å². The van der Waals surface area contributed by atoms with Gasteiger partial charge in [0.1, 0.15) is 0 Å². The van der Waals surface area contributed by atoms with Crippen LogP contribution in [0.1, 0.15) is 23.8 Å². The minimum Gasteiger partial charge on any atom is -0.356 e. The predicted molar refractivity (Wildman–Crippen MR) is 90.6 cm³/mol. The molecule has 0 bridgehead atoms. The summed E-state index contributed by atoms with van der Waals surface area (Å²) in [5, 5.41) is 7.86. The normalized spacial score (nSPS) is 11.8. The molecule has 0 saturated carbocycles. The van der Waals surface area contributed by atoms with Gasteiger partial charge in [-0.05, 0) is 19.4 Å². The van der Waals surface area contributed by atoms with E-state index in [1.807, 2.05) is 37.8 Å². The quantitative estimate of drug-likeness (QED) is 0.495. The molecule has 2 aromatic rings. The molecule has 2 heterocycles. The van der Waals surface area contributed by atoms with Gasteiger partial charge in [0.25, 0.3) is 0 Å². The van der Waals surface area contributed by atoms with Crippen LogP contribution in [0.15, 0.2) is 21.8 Å². The number of hydrogen-bond acceptors (Lipinski definition) is 4. The van der Waals surface area contributed by atoms with E-state index in [-0.39, 0.29) is 0 Å². The van der Waals surface area contributed by atoms with E-state index in [2.05, 4.69) is 25.3 Å². The van der Waals surface area contributed by atoms with Crippen LogP contribution in [0.2, 0.25) is 5.02 Å². The number of aromatic nitrogens is 3. The summed E-state index contributed by atoms with van der Waals surface area (Å²) in [6, 6.07) is 1.96. The van der Waals surface area contributed by atoms with E-state index in [1.54, 1.807) is 7.05 Å². The molecule has 0 radical (unpaired) electrons. The monoisotopic (exact) mass is 338 g/mol. The van der Waals surface area contributed by atoms with Crippen molar-refractivity contribution in [2.45, 2.75) is 26.3 Å². The van der Waals surface area contributed by atoms with E-state index in [9.17, 15) is 0 Å². The zero-order valence-electron chi connectivity index (χ0n) is 14.0. The molecule has 2 rings (SSSR count). The number of hydrogen-bond donors (Lipinski definition) is 1. The van der Waals surface area contributed by atoms with Gasteiger partial charge in [-0.1, -0.05) is 16.8 Å². The van der Waals surface area contributed by atoms with Crippen molar-refractivity contribution in [3.63, 3.8) is 0 Å². The largest absolute Gasteiger partial charge is 0.356 e. The van der Waals surface area contributed by atoms with E-state index >= 15 is 0 Å². The minimum atomic E-state index is 0.671. The van der Waals surface area contributed by atoms with Gasteiger partial charge in [-0.15, -0.1) is 0 Å². The number of aliphatic imine (C=N–C) groups is 1. The summed E-state index contributed by atoms with van der Waals surface area (Å²) in [4.78, 5) is 10.6. The SMILES string of the molecule is CN=C(NCCCc1nc(C)no1)N(C)Cc1cc(Cl)cn1C. The van der Waals surface area contributed by atoms with Crippen molar-refractivity contribution in [1.29, 1.82) is 0 Å². The molecule has 1 N–H and O–H groups in total. The average Bonchev–Trinajstić information content (AvgIpc) is 3.04. The lowest BCUT2D eigenvalue weighted by Crippen LogP contribution is -2.39. The fraction of sp³-hybridized carbons (Fsp3) is 0.533. The Kier molecular flexibility index (Phi) is 6.04. The van der Waals surface area contributed by atoms with Gasteiger partial charge in [-0.25, -0.2) is 0 Å². The second-order valence-corrected chi connectivity index (χ2v) is 5.87. The van der Waals surface area contributed by atoms with Gasteiger partial charge in [0.05, 0.1) is 11.6 Å². The maximum atomic E-state index is 6.02. The first-order chi connectivity index (χ1) is 11.0. The lowest BCUT2D eigenvalue weighted by Gasteiger charge is -2.22. The highest BCUT2D eigenvalue weighted by molar-refractivity contribution is 6.30. The third kappa shape index (κ3) is 4.99. The molecule has 0 fully saturated rings. The Balaban J connectivity index is 1.79. The highest BCUT2D eigenvalue weighted by atomic mass is 35.5. The molecule has 8 heteroatoms. The number of rotatable bonds is 6. The summed E-state index contributed by atoms with van der Waals surface area (Å²) in [5.74, 6) is 2.18. The molecule has 126 valence electrons. The van der Waals surface area contributed by atoms with E-state index in [0.717, 1.165) is 42.6 Å². The Morgan fingerprint density at radius 2 is 2.30 bits per heavy atom. The van der Waals surface area contributed by atoms with Crippen LogP contribution in [0.4, 0.5) is 0 Å². The molecule has 0 unspecified atom stereocenters. The fourth-order valence-corrected chi connectivity index (χ4v) is 2.58. The Morgan fingerprint density at radius 3 is 2.87 bits per heavy atom. The smallest absolute Gasteiger partial charge is 0.226 e. The molecule has 0 aliphatic carbocycles. The third-order valence-electron chi connectivity index (χ3n) is 3.47. The van der Waals surface area contributed by atoms with Crippen molar-refractivity contribution < 1.29 is 4.52 Å². The lowest BCUT2D eigenvalue weighted by molar-refractivity contribution is 0.371. The number of nitrogens with one attached hydrogen (secondary N) is 1. The summed E-state index contributed by atoms with van der Waals surface area (Å²) in [6.07, 6.45) is 3.54. The molecule has 2 aromatic heterocycles. The maximum Gasteiger partial charge on any atom is 0.226 e. The zero-order chi connectivity index (χ0) is 16.8. The number of nitrogens with zero attached hydrogens (tertiary/aromatic N) is 5. The standard InChI is InChI=1S/C15H23ClN6O/c1-11-19-14(23-20-11)6-5-7-18-15(17-2)22(4)10-13-8-12(16)9-21(13)3/h8-9H,5-7,10H2,1-4H3,(H,17,18). The molecule has 0 spiro atoms. The second-order valence-electron chi connectivity index (χ2n) is 5.43. The van der Waals surface area contributed by atoms with Crippen LogP contribution in [0.3, 0.4) is 0 Å². The number of aryl methyl sites for hydroxylation is 3. The Hall–Kier alpha value is -2.02. The Bertz CT molecular complexity index is 663. The lowest BCUT2D eigenvalue weighted by atomic mass is 10.3. The van der Waals surface area contributed by atoms with Gasteiger partial charge in [0.2, 0.25) is 5.89 Å². The zero-order valence-corrected chi connectivity index (χ0v) is 14.8.